The molecule has 1 saturated heterocycles. The molecule has 7 nitrogen and oxygen atoms in total. The molecular formula is C13H15N3O4. The molecule has 2 N–H and O–H groups in total. The summed E-state index contributed by atoms with van der Waals surface area (Å²) in [5.74, 6) is -0.153. The first-order chi connectivity index (χ1) is 9.42. The van der Waals surface area contributed by atoms with Crippen LogP contribution in [0.25, 0.3) is 0 Å². The summed E-state index contributed by atoms with van der Waals surface area (Å²) in [5.41, 5.74) is 0.947. The normalized spacial score (nSPS) is 19.3. The number of aliphatic hydroxyl groups is 1. The Morgan fingerprint density at radius 1 is 1.50 bits per heavy atom. The number of benzene rings is 1. The van der Waals surface area contributed by atoms with E-state index in [1.165, 1.54) is 6.07 Å². The molecule has 0 aromatic heterocycles. The fourth-order valence-corrected chi connectivity index (χ4v) is 2.71. The molecule has 0 bridgehead atoms. The largest absolute Gasteiger partial charge is 0.386 e. The lowest BCUT2D eigenvalue weighted by atomic mass is 9.90. The second-order valence-corrected chi connectivity index (χ2v) is 5.41. The van der Waals surface area contributed by atoms with Gasteiger partial charge in [0.1, 0.15) is 5.69 Å². The highest BCUT2D eigenvalue weighted by molar-refractivity contribution is 6.00. The number of nitrogens with one attached hydrogen (secondary N) is 1. The Bertz CT molecular complexity index is 608. The van der Waals surface area contributed by atoms with Gasteiger partial charge in [-0.2, -0.15) is 0 Å². The highest BCUT2D eigenvalue weighted by atomic mass is 16.6. The molecule has 0 aliphatic carbocycles. The van der Waals surface area contributed by atoms with Crippen LogP contribution in [-0.2, 0) is 11.2 Å². The van der Waals surface area contributed by atoms with E-state index in [4.69, 9.17) is 0 Å². The van der Waals surface area contributed by atoms with Crippen LogP contribution in [0.15, 0.2) is 12.1 Å². The molecule has 1 fully saturated rings. The summed E-state index contributed by atoms with van der Waals surface area (Å²) in [6.45, 7) is 2.63. The van der Waals surface area contributed by atoms with E-state index in [0.717, 1.165) is 0 Å². The Labute approximate surface area is 115 Å². The van der Waals surface area contributed by atoms with E-state index in [9.17, 15) is 20.0 Å². The fourth-order valence-electron chi connectivity index (χ4n) is 2.71. The van der Waals surface area contributed by atoms with Crippen LogP contribution in [0.1, 0.15) is 18.9 Å². The average Bonchev–Trinajstić information content (AvgIpc) is 2.72. The minimum absolute atomic E-state index is 0.0154. The molecule has 2 aliphatic rings. The molecule has 0 atom stereocenters. The molecule has 1 aromatic rings. The smallest absolute Gasteiger partial charge is 0.292 e. The third-order valence-corrected chi connectivity index (χ3v) is 3.99. The second-order valence-electron chi connectivity index (χ2n) is 5.41. The van der Waals surface area contributed by atoms with Crippen LogP contribution in [-0.4, -0.2) is 34.6 Å². The molecule has 3 rings (SSSR count). The maximum absolute atomic E-state index is 11.4. The average molecular weight is 277 g/mol. The molecular weight excluding hydrogens is 262 g/mol. The van der Waals surface area contributed by atoms with Crippen molar-refractivity contribution in [3.05, 3.63) is 27.8 Å². The number of carbonyl (C=O) groups excluding carboxylic acids is 1. The molecule has 0 unspecified atom stereocenters. The number of hydrogen-bond acceptors (Lipinski definition) is 5. The van der Waals surface area contributed by atoms with Crippen LogP contribution in [0.4, 0.5) is 17.1 Å². The van der Waals surface area contributed by atoms with Crippen molar-refractivity contribution in [2.24, 2.45) is 0 Å². The molecule has 20 heavy (non-hydrogen) atoms. The summed E-state index contributed by atoms with van der Waals surface area (Å²) in [5, 5.41) is 23.9. The van der Waals surface area contributed by atoms with Gasteiger partial charge in [-0.15, -0.1) is 0 Å². The van der Waals surface area contributed by atoms with E-state index >= 15 is 0 Å². The van der Waals surface area contributed by atoms with E-state index < -0.39 is 10.5 Å². The number of nitro benzene ring substituents is 1. The van der Waals surface area contributed by atoms with Gasteiger partial charge in [0, 0.05) is 24.8 Å². The molecule has 0 radical (unpaired) electrons. The van der Waals surface area contributed by atoms with Gasteiger partial charge in [0.05, 0.1) is 16.9 Å². The van der Waals surface area contributed by atoms with E-state index in [2.05, 4.69) is 5.32 Å². The molecule has 1 aromatic carbocycles. The minimum atomic E-state index is -0.768. The molecule has 7 heteroatoms. The van der Waals surface area contributed by atoms with Crippen LogP contribution < -0.4 is 10.2 Å². The van der Waals surface area contributed by atoms with Gasteiger partial charge in [-0.25, -0.2) is 0 Å². The zero-order chi connectivity index (χ0) is 14.5. The van der Waals surface area contributed by atoms with Crippen LogP contribution in [0.5, 0.6) is 0 Å². The number of carbonyl (C=O) groups is 1. The quantitative estimate of drug-likeness (QED) is 0.636. The first-order valence-electron chi connectivity index (χ1n) is 6.50. The lowest BCUT2D eigenvalue weighted by Gasteiger charge is -2.47. The number of β-amino-alcohol motifs (C(OH)–C–C–N with tert-alkyl or cyclic N) is 1. The summed E-state index contributed by atoms with van der Waals surface area (Å²) < 4.78 is 0. The zero-order valence-corrected chi connectivity index (χ0v) is 11.0. The maximum atomic E-state index is 11.4. The van der Waals surface area contributed by atoms with Gasteiger partial charge in [-0.05, 0) is 18.1 Å². The van der Waals surface area contributed by atoms with Crippen molar-refractivity contribution < 1.29 is 14.8 Å². The standard InChI is InChI=1S/C13H15N3O4/c1-2-13(18)6-15(7-13)10-5-9-8(4-12(17)14-9)3-11(10)16(19)20/h3,5,18H,2,4,6-7H2,1H3,(H,14,17). The second kappa shape index (κ2) is 4.17. The number of rotatable bonds is 3. The molecule has 2 heterocycles. The van der Waals surface area contributed by atoms with Crippen molar-refractivity contribution in [3.8, 4) is 0 Å². The first kappa shape index (κ1) is 12.9. The van der Waals surface area contributed by atoms with Gasteiger partial charge < -0.3 is 15.3 Å². The zero-order valence-electron chi connectivity index (χ0n) is 11.0. The van der Waals surface area contributed by atoms with Gasteiger partial charge in [0.25, 0.3) is 5.69 Å². The summed E-state index contributed by atoms with van der Waals surface area (Å²) >= 11 is 0. The van der Waals surface area contributed by atoms with Gasteiger partial charge in [0.2, 0.25) is 5.91 Å². The number of hydrogen-bond donors (Lipinski definition) is 2. The van der Waals surface area contributed by atoms with Crippen LogP contribution in [0.2, 0.25) is 0 Å². The molecule has 0 saturated carbocycles. The van der Waals surface area contributed by atoms with Gasteiger partial charge in [-0.1, -0.05) is 6.92 Å². The summed E-state index contributed by atoms with van der Waals surface area (Å²) in [7, 11) is 0. The number of anilines is 2. The Morgan fingerprint density at radius 2 is 2.20 bits per heavy atom. The first-order valence-corrected chi connectivity index (χ1v) is 6.50. The summed E-state index contributed by atoms with van der Waals surface area (Å²) in [4.78, 5) is 23.9. The van der Waals surface area contributed by atoms with Crippen molar-refractivity contribution in [3.63, 3.8) is 0 Å². The maximum Gasteiger partial charge on any atom is 0.292 e. The number of nitro groups is 1. The molecule has 0 spiro atoms. The van der Waals surface area contributed by atoms with Crippen molar-refractivity contribution in [1.29, 1.82) is 0 Å². The van der Waals surface area contributed by atoms with E-state index in [-0.39, 0.29) is 18.0 Å². The van der Waals surface area contributed by atoms with Gasteiger partial charge in [0.15, 0.2) is 0 Å². The highest BCUT2D eigenvalue weighted by Gasteiger charge is 2.42. The predicted octanol–water partition coefficient (Wildman–Crippen LogP) is 1.05. The Hall–Kier alpha value is -2.15. The number of nitrogens with zero attached hydrogens (tertiary/aromatic N) is 2. The summed E-state index contributed by atoms with van der Waals surface area (Å²) in [6.07, 6.45) is 0.786. The van der Waals surface area contributed by atoms with E-state index in [1.807, 2.05) is 6.92 Å². The van der Waals surface area contributed by atoms with Crippen molar-refractivity contribution in [2.75, 3.05) is 23.3 Å². The van der Waals surface area contributed by atoms with Gasteiger partial charge in [-0.3, -0.25) is 14.9 Å². The number of amides is 1. The Kier molecular flexibility index (Phi) is 2.68. The lowest BCUT2D eigenvalue weighted by molar-refractivity contribution is -0.384. The minimum Gasteiger partial charge on any atom is -0.386 e. The van der Waals surface area contributed by atoms with Crippen molar-refractivity contribution in [2.45, 2.75) is 25.4 Å². The monoisotopic (exact) mass is 277 g/mol. The Morgan fingerprint density at radius 3 is 2.80 bits per heavy atom. The third kappa shape index (κ3) is 1.90. The van der Waals surface area contributed by atoms with Crippen molar-refractivity contribution >= 4 is 23.0 Å². The highest BCUT2D eigenvalue weighted by Crippen LogP contribution is 2.40. The molecule has 2 aliphatic heterocycles. The lowest BCUT2D eigenvalue weighted by Crippen LogP contribution is -2.61. The Balaban J connectivity index is 1.97. The van der Waals surface area contributed by atoms with Crippen LogP contribution in [0, 0.1) is 10.1 Å². The van der Waals surface area contributed by atoms with Crippen LogP contribution >= 0.6 is 0 Å². The number of fused-ring (bicyclic) bond motifs is 1. The van der Waals surface area contributed by atoms with E-state index in [0.29, 0.717) is 36.4 Å². The van der Waals surface area contributed by atoms with Crippen LogP contribution in [0.3, 0.4) is 0 Å². The van der Waals surface area contributed by atoms with E-state index in [1.54, 1.807) is 11.0 Å². The summed E-state index contributed by atoms with van der Waals surface area (Å²) in [6, 6.07) is 3.08. The SMILES string of the molecule is CCC1(O)CN(c2cc3c(cc2[N+](=O)[O-])CC(=O)N3)C1. The topological polar surface area (TPSA) is 95.7 Å². The predicted molar refractivity (Wildman–Crippen MR) is 72.9 cm³/mol. The fraction of sp³-hybridized carbons (Fsp3) is 0.462. The third-order valence-electron chi connectivity index (χ3n) is 3.99. The van der Waals surface area contributed by atoms with Gasteiger partial charge >= 0.3 is 0 Å². The molecule has 1 amide bonds. The molecule has 106 valence electrons. The van der Waals surface area contributed by atoms with Crippen molar-refractivity contribution in [1.82, 2.24) is 0 Å².